The Balaban J connectivity index is 4.48. The van der Waals surface area contributed by atoms with Crippen molar-refractivity contribution >= 4 is 12.7 Å². The van der Waals surface area contributed by atoms with Crippen LogP contribution in [-0.2, 0) is 0 Å². The Hall–Kier alpha value is 0.300. The first kappa shape index (κ1) is 13.3. The van der Waals surface area contributed by atoms with E-state index in [2.05, 4.69) is 33.5 Å². The highest BCUT2D eigenvalue weighted by Crippen LogP contribution is 2.48. The van der Waals surface area contributed by atoms with Crippen LogP contribution in [0.1, 0.15) is 53.4 Å². The van der Waals surface area contributed by atoms with Crippen LogP contribution >= 0.6 is 6.89 Å². The van der Waals surface area contributed by atoms with Crippen LogP contribution in [0.3, 0.4) is 0 Å². The van der Waals surface area contributed by atoms with Crippen LogP contribution in [0.15, 0.2) is 0 Å². The summed E-state index contributed by atoms with van der Waals surface area (Å²) in [5, 5.41) is 0. The van der Waals surface area contributed by atoms with E-state index >= 15 is 0 Å². The molecule has 0 rings (SSSR count). The summed E-state index contributed by atoms with van der Waals surface area (Å²) in [6.45, 7) is 8.69. The predicted octanol–water partition coefficient (Wildman–Crippen LogP) is 4.45. The van der Waals surface area contributed by atoms with Gasteiger partial charge in [-0.25, -0.2) is 0 Å². The standard InChI is InChI=1S/C12H27P/c1-5-9-13(10-6-2,11-7-3)12-8-4/h9H,5-8,10-12H2,1-4H3. The van der Waals surface area contributed by atoms with Gasteiger partial charge in [0.2, 0.25) is 0 Å². The number of hydrogen-bond donors (Lipinski definition) is 0. The molecular formula is C12H27P. The molecule has 0 spiro atoms. The van der Waals surface area contributed by atoms with E-state index in [0.717, 1.165) is 0 Å². The fraction of sp³-hybridized carbons (Fsp3) is 0.917. The highest BCUT2D eigenvalue weighted by atomic mass is 31.2. The minimum absolute atomic E-state index is 0.621. The summed E-state index contributed by atoms with van der Waals surface area (Å²) in [6.07, 6.45) is 9.93. The van der Waals surface area contributed by atoms with Crippen molar-refractivity contribution in [2.24, 2.45) is 0 Å². The first-order chi connectivity index (χ1) is 6.24. The molecule has 0 atom stereocenters. The molecule has 0 fully saturated rings. The van der Waals surface area contributed by atoms with Gasteiger partial charge >= 0.3 is 0 Å². The SMILES string of the molecule is CCC=P(CCC)(CCC)CCC. The minimum atomic E-state index is -0.621. The van der Waals surface area contributed by atoms with E-state index in [-0.39, 0.29) is 0 Å². The Kier molecular flexibility index (Phi) is 7.86. The lowest BCUT2D eigenvalue weighted by molar-refractivity contribution is 1.01. The lowest BCUT2D eigenvalue weighted by Crippen LogP contribution is -2.02. The molecule has 0 unspecified atom stereocenters. The van der Waals surface area contributed by atoms with Crippen molar-refractivity contribution in [1.82, 2.24) is 0 Å². The average molecular weight is 202 g/mol. The molecule has 0 aliphatic heterocycles. The van der Waals surface area contributed by atoms with Crippen LogP contribution in [-0.4, -0.2) is 24.3 Å². The summed E-state index contributed by atoms with van der Waals surface area (Å²) in [7, 11) is 0. The zero-order valence-electron chi connectivity index (χ0n) is 9.97. The van der Waals surface area contributed by atoms with Crippen molar-refractivity contribution in [1.29, 1.82) is 0 Å². The third kappa shape index (κ3) is 4.91. The first-order valence-electron chi connectivity index (χ1n) is 5.94. The summed E-state index contributed by atoms with van der Waals surface area (Å²) in [6, 6.07) is 0. The van der Waals surface area contributed by atoms with Gasteiger partial charge in [0.1, 0.15) is 0 Å². The molecule has 0 aliphatic carbocycles. The Morgan fingerprint density at radius 1 is 0.769 bits per heavy atom. The van der Waals surface area contributed by atoms with Gasteiger partial charge in [0, 0.05) is 0 Å². The fourth-order valence-corrected chi connectivity index (χ4v) is 7.00. The zero-order valence-corrected chi connectivity index (χ0v) is 10.9. The molecule has 0 aromatic heterocycles. The topological polar surface area (TPSA) is 0 Å². The molecule has 0 aromatic rings. The molecule has 0 aromatic carbocycles. The van der Waals surface area contributed by atoms with Gasteiger partial charge in [0.15, 0.2) is 0 Å². The Morgan fingerprint density at radius 3 is 1.38 bits per heavy atom. The van der Waals surface area contributed by atoms with Gasteiger partial charge < -0.3 is 0 Å². The van der Waals surface area contributed by atoms with Crippen LogP contribution in [0.25, 0.3) is 0 Å². The van der Waals surface area contributed by atoms with E-state index in [1.54, 1.807) is 0 Å². The van der Waals surface area contributed by atoms with Crippen molar-refractivity contribution in [3.05, 3.63) is 0 Å². The zero-order chi connectivity index (χ0) is 10.2. The van der Waals surface area contributed by atoms with E-state index in [1.165, 1.54) is 44.2 Å². The Morgan fingerprint density at radius 2 is 1.15 bits per heavy atom. The van der Waals surface area contributed by atoms with Gasteiger partial charge in [-0.05, 0) is 24.9 Å². The van der Waals surface area contributed by atoms with E-state index in [9.17, 15) is 0 Å². The summed E-state index contributed by atoms with van der Waals surface area (Å²) in [5.41, 5.74) is 0. The lowest BCUT2D eigenvalue weighted by atomic mass is 10.6. The fourth-order valence-electron chi connectivity index (χ4n) is 2.33. The second-order valence-electron chi connectivity index (χ2n) is 3.98. The van der Waals surface area contributed by atoms with E-state index < -0.39 is 6.89 Å². The van der Waals surface area contributed by atoms with Crippen LogP contribution in [0.4, 0.5) is 0 Å². The Labute approximate surface area is 85.1 Å². The Bertz CT molecular complexity index is 135. The summed E-state index contributed by atoms with van der Waals surface area (Å²) < 4.78 is 0. The lowest BCUT2D eigenvalue weighted by Gasteiger charge is -2.25. The van der Waals surface area contributed by atoms with Gasteiger partial charge in [0.25, 0.3) is 0 Å². The monoisotopic (exact) mass is 202 g/mol. The molecule has 0 aliphatic rings. The normalized spacial score (nSPS) is 11.7. The van der Waals surface area contributed by atoms with Crippen molar-refractivity contribution in [3.63, 3.8) is 0 Å². The maximum Gasteiger partial charge on any atom is -0.0332 e. The van der Waals surface area contributed by atoms with Crippen LogP contribution in [0, 0.1) is 0 Å². The smallest absolute Gasteiger partial charge is 0.0332 e. The van der Waals surface area contributed by atoms with Gasteiger partial charge in [-0.1, -0.05) is 52.8 Å². The number of hydrogen-bond acceptors (Lipinski definition) is 0. The van der Waals surface area contributed by atoms with Crippen molar-refractivity contribution in [2.45, 2.75) is 53.4 Å². The third-order valence-electron chi connectivity index (χ3n) is 2.58. The largest absolute Gasteiger partial charge is 0.109 e. The molecule has 13 heavy (non-hydrogen) atoms. The maximum absolute atomic E-state index is 2.68. The summed E-state index contributed by atoms with van der Waals surface area (Å²) >= 11 is 0. The van der Waals surface area contributed by atoms with E-state index in [0.29, 0.717) is 0 Å². The van der Waals surface area contributed by atoms with Crippen molar-refractivity contribution < 1.29 is 0 Å². The highest BCUT2D eigenvalue weighted by Gasteiger charge is 2.12. The molecule has 0 saturated carbocycles. The first-order valence-corrected chi connectivity index (χ1v) is 8.36. The maximum atomic E-state index is 2.68. The quantitative estimate of drug-likeness (QED) is 0.535. The molecule has 0 saturated heterocycles. The molecule has 0 heterocycles. The summed E-state index contributed by atoms with van der Waals surface area (Å²) in [4.78, 5) is 0. The molecule has 0 radical (unpaired) electrons. The second-order valence-corrected chi connectivity index (χ2v) is 8.12. The number of rotatable bonds is 7. The second kappa shape index (κ2) is 7.68. The van der Waals surface area contributed by atoms with Crippen LogP contribution in [0.5, 0.6) is 0 Å². The van der Waals surface area contributed by atoms with Gasteiger partial charge in [0.05, 0.1) is 0 Å². The van der Waals surface area contributed by atoms with Crippen molar-refractivity contribution in [2.75, 3.05) is 18.5 Å². The molecule has 80 valence electrons. The predicted molar refractivity (Wildman–Crippen MR) is 68.7 cm³/mol. The summed E-state index contributed by atoms with van der Waals surface area (Å²) in [5.74, 6) is 2.68. The molecule has 0 N–H and O–H groups in total. The van der Waals surface area contributed by atoms with Crippen molar-refractivity contribution in [3.8, 4) is 0 Å². The van der Waals surface area contributed by atoms with Gasteiger partial charge in [-0.2, -0.15) is 0 Å². The van der Waals surface area contributed by atoms with Crippen LogP contribution in [0.2, 0.25) is 0 Å². The molecule has 0 bridgehead atoms. The highest BCUT2D eigenvalue weighted by molar-refractivity contribution is 7.74. The van der Waals surface area contributed by atoms with E-state index in [4.69, 9.17) is 0 Å². The molecular weight excluding hydrogens is 175 g/mol. The van der Waals surface area contributed by atoms with Gasteiger partial charge in [-0.15, -0.1) is 6.89 Å². The average Bonchev–Trinajstić information content (AvgIpc) is 2.06. The van der Waals surface area contributed by atoms with E-state index in [1.807, 2.05) is 0 Å². The molecule has 1 heteroatoms. The molecule has 0 nitrogen and oxygen atoms in total. The van der Waals surface area contributed by atoms with Gasteiger partial charge in [-0.3, -0.25) is 0 Å². The third-order valence-corrected chi connectivity index (χ3v) is 7.73. The van der Waals surface area contributed by atoms with Crippen LogP contribution < -0.4 is 0 Å². The minimum Gasteiger partial charge on any atom is -0.109 e. The molecule has 0 amide bonds.